The first-order valence-corrected chi connectivity index (χ1v) is 9.30. The minimum atomic E-state index is 0.278. The Balaban J connectivity index is 1.63. The highest BCUT2D eigenvalue weighted by atomic mass is 32.2. The van der Waals surface area contributed by atoms with Gasteiger partial charge in [-0.2, -0.15) is 9.50 Å². The molecule has 0 fully saturated rings. The molecule has 6 heteroatoms. The van der Waals surface area contributed by atoms with Crippen LogP contribution in [0.1, 0.15) is 0 Å². The summed E-state index contributed by atoms with van der Waals surface area (Å²) in [6.07, 6.45) is 0. The SMILES string of the molecule is c1ccc(Oc2nc3nc(Sc4ccccc4)c4ccccc4n3n2)cc1. The van der Waals surface area contributed by atoms with E-state index in [0.29, 0.717) is 11.5 Å². The van der Waals surface area contributed by atoms with E-state index in [1.54, 1.807) is 16.3 Å². The third-order valence-corrected chi connectivity index (χ3v) is 5.06. The van der Waals surface area contributed by atoms with Crippen molar-refractivity contribution in [2.45, 2.75) is 9.92 Å². The lowest BCUT2D eigenvalue weighted by Crippen LogP contribution is -1.96. The zero-order valence-corrected chi connectivity index (χ0v) is 15.0. The highest BCUT2D eigenvalue weighted by molar-refractivity contribution is 7.99. The molecule has 0 unspecified atom stereocenters. The van der Waals surface area contributed by atoms with Crippen LogP contribution in [0.25, 0.3) is 16.7 Å². The van der Waals surface area contributed by atoms with Crippen LogP contribution in [0.15, 0.2) is 94.9 Å². The predicted molar refractivity (Wildman–Crippen MR) is 105 cm³/mol. The van der Waals surface area contributed by atoms with E-state index in [9.17, 15) is 0 Å². The van der Waals surface area contributed by atoms with Gasteiger partial charge in [0.25, 0.3) is 5.78 Å². The third-order valence-electron chi connectivity index (χ3n) is 4.04. The van der Waals surface area contributed by atoms with Crippen molar-refractivity contribution in [3.8, 4) is 11.8 Å². The molecule has 0 spiro atoms. The molecule has 2 aromatic heterocycles. The van der Waals surface area contributed by atoms with Gasteiger partial charge in [0, 0.05) is 10.3 Å². The molecule has 5 aromatic rings. The van der Waals surface area contributed by atoms with Crippen LogP contribution < -0.4 is 4.74 Å². The van der Waals surface area contributed by atoms with Crippen molar-refractivity contribution in [2.24, 2.45) is 0 Å². The van der Waals surface area contributed by atoms with Crippen LogP contribution in [-0.2, 0) is 0 Å². The zero-order chi connectivity index (χ0) is 18.1. The number of ether oxygens (including phenoxy) is 1. The number of benzene rings is 3. The van der Waals surface area contributed by atoms with Crippen LogP contribution in [0.5, 0.6) is 11.8 Å². The molecule has 0 amide bonds. The van der Waals surface area contributed by atoms with E-state index in [1.165, 1.54) is 0 Å². The summed E-state index contributed by atoms with van der Waals surface area (Å²) in [4.78, 5) is 10.3. The number of fused-ring (bicyclic) bond motifs is 3. The Bertz CT molecular complexity index is 1220. The molecule has 5 nitrogen and oxygen atoms in total. The average molecular weight is 370 g/mol. The molecule has 2 heterocycles. The summed E-state index contributed by atoms with van der Waals surface area (Å²) >= 11 is 1.61. The van der Waals surface area contributed by atoms with Crippen LogP contribution in [0.4, 0.5) is 0 Å². The molecule has 0 N–H and O–H groups in total. The number of para-hydroxylation sites is 2. The summed E-state index contributed by atoms with van der Waals surface area (Å²) in [5.74, 6) is 1.20. The molecule has 0 atom stereocenters. The highest BCUT2D eigenvalue weighted by Gasteiger charge is 2.14. The normalized spacial score (nSPS) is 11.1. The second-order valence-corrected chi connectivity index (χ2v) is 6.93. The Morgan fingerprint density at radius 3 is 2.26 bits per heavy atom. The minimum absolute atomic E-state index is 0.278. The molecule has 0 radical (unpaired) electrons. The van der Waals surface area contributed by atoms with Crippen LogP contribution in [0, 0.1) is 0 Å². The van der Waals surface area contributed by atoms with E-state index in [4.69, 9.17) is 9.72 Å². The summed E-state index contributed by atoms with van der Waals surface area (Å²) in [5, 5.41) is 6.41. The van der Waals surface area contributed by atoms with E-state index < -0.39 is 0 Å². The van der Waals surface area contributed by atoms with Crippen molar-refractivity contribution >= 4 is 28.4 Å². The summed E-state index contributed by atoms with van der Waals surface area (Å²) in [7, 11) is 0. The lowest BCUT2D eigenvalue weighted by molar-refractivity contribution is 0.443. The number of nitrogens with zero attached hydrogens (tertiary/aromatic N) is 4. The fourth-order valence-corrected chi connectivity index (χ4v) is 3.75. The molecule has 0 saturated heterocycles. The molecule has 5 rings (SSSR count). The standard InChI is InChI=1S/C21H14N4OS/c1-3-9-15(10-4-1)26-21-23-20-22-19(27-16-11-5-2-6-12-16)17-13-7-8-14-18(17)25(20)24-21/h1-14H. The van der Waals surface area contributed by atoms with E-state index in [1.807, 2.05) is 72.8 Å². The van der Waals surface area contributed by atoms with Crippen LogP contribution >= 0.6 is 11.8 Å². The summed E-state index contributed by atoms with van der Waals surface area (Å²) < 4.78 is 7.51. The van der Waals surface area contributed by atoms with Gasteiger partial charge in [-0.3, -0.25) is 0 Å². The van der Waals surface area contributed by atoms with Crippen LogP contribution in [-0.4, -0.2) is 19.6 Å². The molecule has 27 heavy (non-hydrogen) atoms. The molecule has 0 aliphatic rings. The van der Waals surface area contributed by atoms with Gasteiger partial charge < -0.3 is 4.74 Å². The molecule has 0 aliphatic carbocycles. The van der Waals surface area contributed by atoms with Crippen molar-refractivity contribution in [2.75, 3.05) is 0 Å². The van der Waals surface area contributed by atoms with Crippen molar-refractivity contribution in [3.05, 3.63) is 84.9 Å². The van der Waals surface area contributed by atoms with Gasteiger partial charge >= 0.3 is 6.01 Å². The summed E-state index contributed by atoms with van der Waals surface area (Å²) in [6.45, 7) is 0. The van der Waals surface area contributed by atoms with Gasteiger partial charge in [-0.05, 0) is 30.3 Å². The molecule has 0 saturated carbocycles. The van der Waals surface area contributed by atoms with Gasteiger partial charge in [0.2, 0.25) is 0 Å². The molecular weight excluding hydrogens is 356 g/mol. The molecular formula is C21H14N4OS. The zero-order valence-electron chi connectivity index (χ0n) is 14.2. The molecule has 0 bridgehead atoms. The third kappa shape index (κ3) is 3.11. The van der Waals surface area contributed by atoms with Gasteiger partial charge in [-0.15, -0.1) is 5.10 Å². The molecule has 130 valence electrons. The van der Waals surface area contributed by atoms with E-state index in [0.717, 1.165) is 20.8 Å². The highest BCUT2D eigenvalue weighted by Crippen LogP contribution is 2.32. The van der Waals surface area contributed by atoms with Gasteiger partial charge in [0.05, 0.1) is 5.52 Å². The Labute approximate surface area is 159 Å². The van der Waals surface area contributed by atoms with Crippen molar-refractivity contribution < 1.29 is 4.74 Å². The van der Waals surface area contributed by atoms with Gasteiger partial charge in [0.15, 0.2) is 0 Å². The maximum atomic E-state index is 5.78. The Morgan fingerprint density at radius 2 is 1.44 bits per heavy atom. The Morgan fingerprint density at radius 1 is 0.741 bits per heavy atom. The summed E-state index contributed by atoms with van der Waals surface area (Å²) in [6, 6.07) is 28.0. The Hall–Kier alpha value is -3.38. The van der Waals surface area contributed by atoms with Gasteiger partial charge in [-0.1, -0.05) is 66.4 Å². The number of aromatic nitrogens is 4. The number of hydrogen-bond acceptors (Lipinski definition) is 5. The maximum absolute atomic E-state index is 5.78. The van der Waals surface area contributed by atoms with Crippen molar-refractivity contribution in [1.82, 2.24) is 19.6 Å². The first-order valence-electron chi connectivity index (χ1n) is 8.48. The number of hydrogen-bond donors (Lipinski definition) is 0. The topological polar surface area (TPSA) is 52.3 Å². The largest absolute Gasteiger partial charge is 0.423 e. The minimum Gasteiger partial charge on any atom is -0.423 e. The second kappa shape index (κ2) is 6.74. The smallest absolute Gasteiger partial charge is 0.343 e. The lowest BCUT2D eigenvalue weighted by atomic mass is 10.2. The predicted octanol–water partition coefficient (Wildman–Crippen LogP) is 5.22. The van der Waals surface area contributed by atoms with Crippen molar-refractivity contribution in [1.29, 1.82) is 0 Å². The molecule has 0 aliphatic heterocycles. The van der Waals surface area contributed by atoms with Crippen molar-refractivity contribution in [3.63, 3.8) is 0 Å². The van der Waals surface area contributed by atoms with E-state index in [2.05, 4.69) is 22.2 Å². The summed E-state index contributed by atoms with van der Waals surface area (Å²) in [5.41, 5.74) is 0.941. The monoisotopic (exact) mass is 370 g/mol. The van der Waals surface area contributed by atoms with Gasteiger partial charge in [-0.25, -0.2) is 4.98 Å². The Kier molecular flexibility index (Phi) is 3.95. The van der Waals surface area contributed by atoms with E-state index in [-0.39, 0.29) is 6.01 Å². The van der Waals surface area contributed by atoms with E-state index >= 15 is 0 Å². The fourth-order valence-electron chi connectivity index (χ4n) is 2.82. The fraction of sp³-hybridized carbons (Fsp3) is 0. The second-order valence-electron chi connectivity index (χ2n) is 5.87. The lowest BCUT2D eigenvalue weighted by Gasteiger charge is -2.06. The maximum Gasteiger partial charge on any atom is 0.343 e. The first kappa shape index (κ1) is 15.8. The van der Waals surface area contributed by atoms with Gasteiger partial charge in [0.1, 0.15) is 10.8 Å². The quantitative estimate of drug-likeness (QED) is 0.406. The van der Waals surface area contributed by atoms with Crippen LogP contribution in [0.3, 0.4) is 0 Å². The number of rotatable bonds is 4. The van der Waals surface area contributed by atoms with Crippen LogP contribution in [0.2, 0.25) is 0 Å². The average Bonchev–Trinajstić information content (AvgIpc) is 3.12. The molecule has 3 aromatic carbocycles. The first-order chi connectivity index (χ1) is 13.4.